The molecule has 0 aromatic heterocycles. The molecular weight excluding hydrogens is 268 g/mol. The Balaban J connectivity index is 2.24. The summed E-state index contributed by atoms with van der Waals surface area (Å²) in [6.07, 6.45) is 0.971. The lowest BCUT2D eigenvalue weighted by atomic mass is 9.98. The predicted octanol–water partition coefficient (Wildman–Crippen LogP) is 4.51. The van der Waals surface area contributed by atoms with E-state index in [0.717, 1.165) is 32.9 Å². The van der Waals surface area contributed by atoms with Gasteiger partial charge in [-0.25, -0.2) is 0 Å². The fourth-order valence-corrected chi connectivity index (χ4v) is 3.93. The lowest BCUT2D eigenvalue weighted by Gasteiger charge is -2.08. The van der Waals surface area contributed by atoms with E-state index in [1.165, 1.54) is 17.3 Å². The molecule has 4 rings (SSSR count). The van der Waals surface area contributed by atoms with Gasteiger partial charge in [-0.1, -0.05) is 25.1 Å². The molecule has 20 heavy (non-hydrogen) atoms. The zero-order chi connectivity index (χ0) is 13.9. The summed E-state index contributed by atoms with van der Waals surface area (Å²) in [5.41, 5.74) is 1.97. The van der Waals surface area contributed by atoms with Gasteiger partial charge >= 0.3 is 0 Å². The van der Waals surface area contributed by atoms with Crippen LogP contribution in [0.15, 0.2) is 41.3 Å². The third-order valence-electron chi connectivity index (χ3n) is 3.93. The van der Waals surface area contributed by atoms with Crippen LogP contribution in [0, 0.1) is 0 Å². The third-order valence-corrected chi connectivity index (χ3v) is 4.97. The molecule has 3 aromatic carbocycles. The average molecular weight is 280 g/mol. The minimum absolute atomic E-state index is 0.0689. The Hall–Kier alpha value is -2.00. The van der Waals surface area contributed by atoms with Gasteiger partial charge in [0.05, 0.1) is 0 Å². The van der Waals surface area contributed by atoms with E-state index in [4.69, 9.17) is 0 Å². The van der Waals surface area contributed by atoms with Crippen LogP contribution in [0.1, 0.15) is 22.8 Å². The fraction of sp³-hybridized carbons (Fsp3) is 0.118. The highest BCUT2D eigenvalue weighted by Crippen LogP contribution is 2.47. The average Bonchev–Trinajstić information content (AvgIpc) is 2.80. The van der Waals surface area contributed by atoms with Crippen molar-refractivity contribution in [3.05, 3.63) is 47.5 Å². The Kier molecular flexibility index (Phi) is 2.36. The Bertz CT molecular complexity index is 897. The summed E-state index contributed by atoms with van der Waals surface area (Å²) >= 11 is 1.28. The molecule has 3 heteroatoms. The van der Waals surface area contributed by atoms with Crippen molar-refractivity contribution in [1.29, 1.82) is 0 Å². The lowest BCUT2D eigenvalue weighted by molar-refractivity contribution is 0.109. The predicted molar refractivity (Wildman–Crippen MR) is 82.7 cm³/mol. The highest BCUT2D eigenvalue weighted by atomic mass is 32.2. The number of rotatable bonds is 1. The van der Waals surface area contributed by atoms with Crippen LogP contribution in [-0.4, -0.2) is 10.2 Å². The van der Waals surface area contributed by atoms with Gasteiger partial charge in [-0.3, -0.25) is 4.79 Å². The molecule has 0 aliphatic carbocycles. The summed E-state index contributed by atoms with van der Waals surface area (Å²) < 4.78 is 0. The molecule has 3 aromatic rings. The van der Waals surface area contributed by atoms with E-state index >= 15 is 0 Å². The Morgan fingerprint density at radius 2 is 1.95 bits per heavy atom. The van der Waals surface area contributed by atoms with Gasteiger partial charge in [0.25, 0.3) is 0 Å². The fourth-order valence-electron chi connectivity index (χ4n) is 2.86. The molecule has 2 nitrogen and oxygen atoms in total. The van der Waals surface area contributed by atoms with Crippen LogP contribution < -0.4 is 0 Å². The van der Waals surface area contributed by atoms with Crippen molar-refractivity contribution >= 4 is 38.4 Å². The smallest absolute Gasteiger partial charge is 0.224 e. The van der Waals surface area contributed by atoms with Crippen molar-refractivity contribution in [1.82, 2.24) is 0 Å². The second kappa shape index (κ2) is 4.00. The van der Waals surface area contributed by atoms with Crippen molar-refractivity contribution in [2.75, 3.05) is 0 Å². The van der Waals surface area contributed by atoms with Crippen LogP contribution in [0.2, 0.25) is 0 Å². The van der Waals surface area contributed by atoms with Crippen LogP contribution in [0.5, 0.6) is 5.75 Å². The van der Waals surface area contributed by atoms with Gasteiger partial charge in [0.15, 0.2) is 0 Å². The van der Waals surface area contributed by atoms with E-state index in [2.05, 4.69) is 25.1 Å². The molecule has 0 spiro atoms. The highest BCUT2D eigenvalue weighted by molar-refractivity contribution is 8.15. The number of thioether (sulfide) groups is 1. The molecular formula is C17H12O2S. The van der Waals surface area contributed by atoms with Crippen molar-refractivity contribution in [2.24, 2.45) is 0 Å². The number of aryl methyl sites for hydroxylation is 1. The molecule has 0 saturated heterocycles. The number of hydrogen-bond donors (Lipinski definition) is 1. The molecule has 1 aliphatic rings. The van der Waals surface area contributed by atoms with Crippen molar-refractivity contribution in [2.45, 2.75) is 18.2 Å². The summed E-state index contributed by atoms with van der Waals surface area (Å²) in [5.74, 6) is 0.238. The molecule has 98 valence electrons. The Labute approximate surface area is 120 Å². The van der Waals surface area contributed by atoms with Crippen LogP contribution in [0.4, 0.5) is 0 Å². The topological polar surface area (TPSA) is 37.3 Å². The van der Waals surface area contributed by atoms with E-state index in [1.807, 2.05) is 6.07 Å². The van der Waals surface area contributed by atoms with Crippen LogP contribution in [-0.2, 0) is 6.42 Å². The van der Waals surface area contributed by atoms with Gasteiger partial charge in [0, 0.05) is 21.2 Å². The first kappa shape index (κ1) is 11.8. The maximum atomic E-state index is 12.1. The number of phenols is 1. The van der Waals surface area contributed by atoms with Crippen molar-refractivity contribution < 1.29 is 9.90 Å². The van der Waals surface area contributed by atoms with Crippen LogP contribution >= 0.6 is 11.8 Å². The second-order valence-electron chi connectivity index (χ2n) is 5.06. The van der Waals surface area contributed by atoms with Gasteiger partial charge in [-0.05, 0) is 52.7 Å². The first-order chi connectivity index (χ1) is 9.69. The van der Waals surface area contributed by atoms with E-state index in [-0.39, 0.29) is 10.9 Å². The molecule has 0 radical (unpaired) electrons. The van der Waals surface area contributed by atoms with Crippen molar-refractivity contribution in [3.8, 4) is 5.75 Å². The van der Waals surface area contributed by atoms with Crippen molar-refractivity contribution in [3.63, 3.8) is 0 Å². The summed E-state index contributed by atoms with van der Waals surface area (Å²) in [6.45, 7) is 2.12. The molecule has 0 fully saturated rings. The molecule has 0 atom stereocenters. The number of hydrogen-bond acceptors (Lipinski definition) is 3. The molecule has 0 unspecified atom stereocenters. The first-order valence-corrected chi connectivity index (χ1v) is 7.44. The number of benzene rings is 3. The molecule has 1 aliphatic heterocycles. The van der Waals surface area contributed by atoms with Gasteiger partial charge in [-0.15, -0.1) is 0 Å². The minimum atomic E-state index is 0.0689. The molecule has 0 amide bonds. The monoisotopic (exact) mass is 280 g/mol. The number of phenolic OH excluding ortho intramolecular Hbond substituents is 1. The van der Waals surface area contributed by atoms with Crippen LogP contribution in [0.3, 0.4) is 0 Å². The maximum absolute atomic E-state index is 12.1. The quantitative estimate of drug-likeness (QED) is 0.666. The van der Waals surface area contributed by atoms with E-state index in [1.54, 1.807) is 12.1 Å². The zero-order valence-corrected chi connectivity index (χ0v) is 11.8. The molecule has 1 heterocycles. The molecule has 1 N–H and O–H groups in total. The molecule has 0 saturated carbocycles. The minimum Gasteiger partial charge on any atom is -0.507 e. The van der Waals surface area contributed by atoms with Gasteiger partial charge in [0.1, 0.15) is 5.75 Å². The SMILES string of the molecule is CCc1ccc2cc3c(O)ccc4c3c(c2c1)SC4=O. The zero-order valence-electron chi connectivity index (χ0n) is 10.9. The van der Waals surface area contributed by atoms with Gasteiger partial charge in [0.2, 0.25) is 5.12 Å². The van der Waals surface area contributed by atoms with Gasteiger partial charge in [-0.2, -0.15) is 0 Å². The summed E-state index contributed by atoms with van der Waals surface area (Å²) in [5, 5.41) is 14.0. The lowest BCUT2D eigenvalue weighted by Crippen LogP contribution is -1.86. The highest BCUT2D eigenvalue weighted by Gasteiger charge is 2.26. The second-order valence-corrected chi connectivity index (χ2v) is 6.04. The number of carbonyl (C=O) groups is 1. The maximum Gasteiger partial charge on any atom is 0.224 e. The summed E-state index contributed by atoms with van der Waals surface area (Å²) in [4.78, 5) is 13.1. The van der Waals surface area contributed by atoms with E-state index in [0.29, 0.717) is 5.56 Å². The number of fused-ring (bicyclic) bond motifs is 2. The molecule has 0 bridgehead atoms. The normalized spacial score (nSPS) is 13.6. The van der Waals surface area contributed by atoms with Gasteiger partial charge < -0.3 is 5.11 Å². The number of carbonyl (C=O) groups excluding carboxylic acids is 1. The Morgan fingerprint density at radius 1 is 1.10 bits per heavy atom. The Morgan fingerprint density at radius 3 is 2.75 bits per heavy atom. The summed E-state index contributed by atoms with van der Waals surface area (Å²) in [6, 6.07) is 11.6. The summed E-state index contributed by atoms with van der Waals surface area (Å²) in [7, 11) is 0. The first-order valence-electron chi connectivity index (χ1n) is 6.62. The standard InChI is InChI=1S/C17H12O2S/c1-2-9-3-4-10-8-13-14(18)6-5-11-15(13)16(12(10)7-9)20-17(11)19/h3-8,18H,2H2,1H3. The largest absolute Gasteiger partial charge is 0.507 e. The number of aromatic hydroxyl groups is 1. The van der Waals surface area contributed by atoms with E-state index in [9.17, 15) is 9.90 Å². The third kappa shape index (κ3) is 1.44. The van der Waals surface area contributed by atoms with E-state index < -0.39 is 0 Å². The van der Waals surface area contributed by atoms with Crippen LogP contribution in [0.25, 0.3) is 21.5 Å².